The second-order valence-corrected chi connectivity index (χ2v) is 7.72. The number of methoxy groups -OCH3 is 1. The minimum atomic E-state index is -0.602. The predicted molar refractivity (Wildman–Crippen MR) is 121 cm³/mol. The SMILES string of the molecule is COC(=O)Nc1ccc(-c2cnc3ccc(C(=O)N(c4ccc(F)cc4)C4CC4)cn23)cn1. The number of pyridine rings is 2. The molecular weight excluding hydrogens is 425 g/mol. The van der Waals surface area contributed by atoms with Gasteiger partial charge in [0.2, 0.25) is 0 Å². The molecule has 8 nitrogen and oxygen atoms in total. The quantitative estimate of drug-likeness (QED) is 0.488. The van der Waals surface area contributed by atoms with Crippen LogP contribution in [0.2, 0.25) is 0 Å². The summed E-state index contributed by atoms with van der Waals surface area (Å²) in [5.41, 5.74) is 3.36. The summed E-state index contributed by atoms with van der Waals surface area (Å²) in [5, 5.41) is 2.50. The maximum absolute atomic E-state index is 13.4. The fourth-order valence-electron chi connectivity index (χ4n) is 3.66. The van der Waals surface area contributed by atoms with Crippen molar-refractivity contribution in [1.82, 2.24) is 14.4 Å². The van der Waals surface area contributed by atoms with Gasteiger partial charge in [0, 0.05) is 29.7 Å². The van der Waals surface area contributed by atoms with Gasteiger partial charge in [-0.25, -0.2) is 19.2 Å². The van der Waals surface area contributed by atoms with Gasteiger partial charge in [-0.1, -0.05) is 0 Å². The Labute approximate surface area is 188 Å². The largest absolute Gasteiger partial charge is 0.453 e. The molecule has 0 saturated heterocycles. The number of rotatable bonds is 5. The van der Waals surface area contributed by atoms with Crippen LogP contribution in [-0.4, -0.2) is 39.5 Å². The molecule has 3 aromatic heterocycles. The Morgan fingerprint density at radius 2 is 1.85 bits per heavy atom. The van der Waals surface area contributed by atoms with Crippen molar-refractivity contribution in [3.05, 3.63) is 78.5 Å². The molecular formula is C24H20FN5O3. The number of halogens is 1. The highest BCUT2D eigenvalue weighted by Gasteiger charge is 2.34. The average molecular weight is 445 g/mol. The van der Waals surface area contributed by atoms with Gasteiger partial charge in [0.25, 0.3) is 5.91 Å². The number of hydrogen-bond acceptors (Lipinski definition) is 5. The van der Waals surface area contributed by atoms with Gasteiger partial charge in [0.1, 0.15) is 17.3 Å². The summed E-state index contributed by atoms with van der Waals surface area (Å²) in [5.74, 6) is -0.135. The second kappa shape index (κ2) is 8.34. The van der Waals surface area contributed by atoms with Crippen LogP contribution in [0.4, 0.5) is 20.7 Å². The molecule has 1 N–H and O–H groups in total. The number of amides is 2. The van der Waals surface area contributed by atoms with E-state index in [2.05, 4.69) is 20.0 Å². The molecule has 1 saturated carbocycles. The van der Waals surface area contributed by atoms with Crippen LogP contribution >= 0.6 is 0 Å². The molecule has 0 unspecified atom stereocenters. The van der Waals surface area contributed by atoms with Gasteiger partial charge in [-0.05, 0) is 61.4 Å². The molecule has 33 heavy (non-hydrogen) atoms. The van der Waals surface area contributed by atoms with Crippen molar-refractivity contribution in [2.75, 3.05) is 17.3 Å². The number of aromatic nitrogens is 3. The number of carbonyl (C=O) groups excluding carboxylic acids is 2. The van der Waals surface area contributed by atoms with E-state index >= 15 is 0 Å². The molecule has 1 aromatic carbocycles. The summed E-state index contributed by atoms with van der Waals surface area (Å²) in [6.07, 6.45) is 6.29. The molecule has 1 fully saturated rings. The highest BCUT2D eigenvalue weighted by atomic mass is 19.1. The van der Waals surface area contributed by atoms with Gasteiger partial charge in [0.05, 0.1) is 24.6 Å². The Hall–Kier alpha value is -4.27. The number of nitrogens with one attached hydrogen (secondary N) is 1. The molecule has 166 valence electrons. The van der Waals surface area contributed by atoms with E-state index in [1.807, 2.05) is 4.40 Å². The van der Waals surface area contributed by atoms with Crippen molar-refractivity contribution in [3.8, 4) is 11.3 Å². The van der Waals surface area contributed by atoms with Crippen molar-refractivity contribution >= 4 is 29.2 Å². The molecule has 5 rings (SSSR count). The van der Waals surface area contributed by atoms with Gasteiger partial charge >= 0.3 is 6.09 Å². The first kappa shape index (κ1) is 20.6. The molecule has 0 spiro atoms. The summed E-state index contributed by atoms with van der Waals surface area (Å²) in [7, 11) is 1.28. The standard InChI is InChI=1S/C24H20FN5O3/c1-33-24(32)28-21-10-2-15(12-26-21)20-13-27-22-11-3-16(14-29(20)22)23(31)30(19-8-9-19)18-6-4-17(25)5-7-18/h2-7,10-14,19H,8-9H2,1H3,(H,26,28,32). The zero-order valence-electron chi connectivity index (χ0n) is 17.7. The van der Waals surface area contributed by atoms with Crippen molar-refractivity contribution in [3.63, 3.8) is 0 Å². The molecule has 0 atom stereocenters. The van der Waals surface area contributed by atoms with Crippen LogP contribution in [-0.2, 0) is 4.74 Å². The lowest BCUT2D eigenvalue weighted by atomic mass is 10.2. The number of hydrogen-bond donors (Lipinski definition) is 1. The Kier molecular flexibility index (Phi) is 5.21. The molecule has 9 heteroatoms. The van der Waals surface area contributed by atoms with Crippen molar-refractivity contribution in [2.24, 2.45) is 0 Å². The molecule has 1 aliphatic rings. The van der Waals surface area contributed by atoms with Gasteiger partial charge in [-0.2, -0.15) is 0 Å². The second-order valence-electron chi connectivity index (χ2n) is 7.72. The summed E-state index contributed by atoms with van der Waals surface area (Å²) in [6, 6.07) is 13.1. The molecule has 0 radical (unpaired) electrons. The first-order valence-corrected chi connectivity index (χ1v) is 10.4. The Morgan fingerprint density at radius 3 is 2.52 bits per heavy atom. The van der Waals surface area contributed by atoms with Crippen molar-refractivity contribution in [2.45, 2.75) is 18.9 Å². The maximum Gasteiger partial charge on any atom is 0.412 e. The van der Waals surface area contributed by atoms with Gasteiger partial charge in [0.15, 0.2) is 0 Å². The lowest BCUT2D eigenvalue weighted by Crippen LogP contribution is -2.33. The van der Waals surface area contributed by atoms with Crippen LogP contribution in [0.5, 0.6) is 0 Å². The average Bonchev–Trinajstić information content (AvgIpc) is 3.58. The number of carbonyl (C=O) groups is 2. The number of benzene rings is 1. The van der Waals surface area contributed by atoms with E-state index in [0.29, 0.717) is 22.7 Å². The third-order valence-electron chi connectivity index (χ3n) is 5.46. The minimum absolute atomic E-state index is 0.111. The van der Waals surface area contributed by atoms with Crippen LogP contribution in [0.3, 0.4) is 0 Å². The van der Waals surface area contributed by atoms with Crippen molar-refractivity contribution in [1.29, 1.82) is 0 Å². The van der Waals surface area contributed by atoms with E-state index < -0.39 is 6.09 Å². The van der Waals surface area contributed by atoms with E-state index in [1.165, 1.54) is 19.2 Å². The minimum Gasteiger partial charge on any atom is -0.453 e. The number of nitrogens with zero attached hydrogens (tertiary/aromatic N) is 4. The van der Waals surface area contributed by atoms with E-state index in [9.17, 15) is 14.0 Å². The zero-order valence-corrected chi connectivity index (χ0v) is 17.7. The van der Waals surface area contributed by atoms with E-state index in [4.69, 9.17) is 0 Å². The summed E-state index contributed by atoms with van der Waals surface area (Å²) in [4.78, 5) is 35.2. The molecule has 4 aromatic rings. The predicted octanol–water partition coefficient (Wildman–Crippen LogP) is 4.52. The number of ether oxygens (including phenoxy) is 1. The zero-order chi connectivity index (χ0) is 22.9. The van der Waals surface area contributed by atoms with E-state index in [0.717, 1.165) is 24.1 Å². The summed E-state index contributed by atoms with van der Waals surface area (Å²) >= 11 is 0. The summed E-state index contributed by atoms with van der Waals surface area (Å²) in [6.45, 7) is 0. The lowest BCUT2D eigenvalue weighted by molar-refractivity contribution is 0.0984. The van der Waals surface area contributed by atoms with E-state index in [-0.39, 0.29) is 17.8 Å². The Bertz CT molecular complexity index is 1330. The molecule has 3 heterocycles. The lowest BCUT2D eigenvalue weighted by Gasteiger charge is -2.23. The number of imidazole rings is 1. The smallest absolute Gasteiger partial charge is 0.412 e. The third kappa shape index (κ3) is 4.12. The first-order chi connectivity index (χ1) is 16.0. The molecule has 0 aliphatic heterocycles. The molecule has 0 bridgehead atoms. The Morgan fingerprint density at radius 1 is 1.06 bits per heavy atom. The van der Waals surface area contributed by atoms with Crippen LogP contribution < -0.4 is 10.2 Å². The van der Waals surface area contributed by atoms with Gasteiger partial charge in [-0.3, -0.25) is 14.5 Å². The molecule has 2 amide bonds. The van der Waals surface area contributed by atoms with Gasteiger partial charge < -0.3 is 9.64 Å². The number of anilines is 2. The van der Waals surface area contributed by atoms with Crippen LogP contribution in [0, 0.1) is 5.82 Å². The van der Waals surface area contributed by atoms with Crippen LogP contribution in [0.25, 0.3) is 16.9 Å². The monoisotopic (exact) mass is 445 g/mol. The Balaban J connectivity index is 1.47. The van der Waals surface area contributed by atoms with Crippen LogP contribution in [0.15, 0.2) is 67.1 Å². The summed E-state index contributed by atoms with van der Waals surface area (Å²) < 4.78 is 19.8. The fraction of sp³-hybridized carbons (Fsp3) is 0.167. The van der Waals surface area contributed by atoms with Crippen LogP contribution in [0.1, 0.15) is 23.2 Å². The normalized spacial score (nSPS) is 13.0. The fourth-order valence-corrected chi connectivity index (χ4v) is 3.66. The topological polar surface area (TPSA) is 88.8 Å². The van der Waals surface area contributed by atoms with Crippen molar-refractivity contribution < 1.29 is 18.7 Å². The maximum atomic E-state index is 13.4. The highest BCUT2D eigenvalue weighted by Crippen LogP contribution is 2.33. The molecule has 1 aliphatic carbocycles. The highest BCUT2D eigenvalue weighted by molar-refractivity contribution is 6.06. The number of fused-ring (bicyclic) bond motifs is 1. The first-order valence-electron chi connectivity index (χ1n) is 10.4. The third-order valence-corrected chi connectivity index (χ3v) is 5.46. The van der Waals surface area contributed by atoms with Gasteiger partial charge in [-0.15, -0.1) is 0 Å². The van der Waals surface area contributed by atoms with E-state index in [1.54, 1.807) is 59.9 Å².